The first kappa shape index (κ1) is 62.0. The Hall–Kier alpha value is 0.714. The summed E-state index contributed by atoms with van der Waals surface area (Å²) >= 11 is 21.2. The van der Waals surface area contributed by atoms with Gasteiger partial charge in [-0.3, -0.25) is 0 Å². The van der Waals surface area contributed by atoms with Crippen molar-refractivity contribution in [2.75, 3.05) is 26.2 Å². The fraction of sp³-hybridized carbons (Fsp3) is 0.960. The summed E-state index contributed by atoms with van der Waals surface area (Å²) in [6.45, 7) is 13.5. The Labute approximate surface area is 392 Å². The van der Waals surface area contributed by atoms with Crippen LogP contribution in [-0.2, 0) is 41.7 Å². The summed E-state index contributed by atoms with van der Waals surface area (Å²) in [5.41, 5.74) is 0. The van der Waals surface area contributed by atoms with Crippen molar-refractivity contribution in [3.63, 3.8) is 0 Å². The Balaban J connectivity index is -0.00000101. The second kappa shape index (κ2) is 54.7. The maximum absolute atomic E-state index is 5.30. The van der Waals surface area contributed by atoms with E-state index in [1.807, 2.05) is 0 Å². The van der Waals surface area contributed by atoms with Crippen molar-refractivity contribution in [2.24, 2.45) is 0 Å². The minimum absolute atomic E-state index is 0. The van der Waals surface area contributed by atoms with Crippen molar-refractivity contribution >= 4 is 58.3 Å². The molecule has 0 unspecified atom stereocenters. The van der Waals surface area contributed by atoms with Crippen LogP contribution in [0.5, 0.6) is 0 Å². The summed E-state index contributed by atoms with van der Waals surface area (Å²) in [5, 5.41) is 0. The smallest absolute Gasteiger partial charge is 0.411 e. The molecule has 0 rings (SSSR count). The maximum Gasteiger partial charge on any atom is 2.00 e. The number of hydrogen-bond acceptors (Lipinski definition) is 4. The monoisotopic (exact) mass is 915 g/mol. The molecule has 0 bridgehead atoms. The van der Waals surface area contributed by atoms with Gasteiger partial charge in [0, 0.05) is 26.2 Å². The van der Waals surface area contributed by atoms with Crippen molar-refractivity contribution < 1.29 is 16.5 Å². The van der Waals surface area contributed by atoms with E-state index in [-0.39, 0.29) is 16.5 Å². The van der Waals surface area contributed by atoms with E-state index < -0.39 is 0 Å². The number of hydrogen-bond donors (Lipinski definition) is 0. The molecule has 0 saturated heterocycles. The van der Waals surface area contributed by atoms with Gasteiger partial charge in [0.05, 0.1) is 0 Å². The Morgan fingerprint density at radius 2 is 0.386 bits per heavy atom. The molecule has 0 amide bonds. The largest absolute Gasteiger partial charge is 2.00 e. The van der Waals surface area contributed by atoms with Gasteiger partial charge in [-0.2, -0.15) is 0 Å². The summed E-state index contributed by atoms with van der Waals surface area (Å²) in [7, 11) is 0. The fourth-order valence-electron chi connectivity index (χ4n) is 7.75. The van der Waals surface area contributed by atoms with E-state index in [0.717, 1.165) is 26.2 Å². The average Bonchev–Trinajstić information content (AvgIpc) is 3.19. The van der Waals surface area contributed by atoms with Crippen LogP contribution in [0.15, 0.2) is 0 Å². The molecule has 0 spiro atoms. The van der Waals surface area contributed by atoms with Gasteiger partial charge >= 0.3 is 16.5 Å². The van der Waals surface area contributed by atoms with Crippen molar-refractivity contribution in [2.45, 2.75) is 285 Å². The van der Waals surface area contributed by atoms with Crippen LogP contribution < -0.4 is 0 Å². The van der Waals surface area contributed by atoms with Crippen LogP contribution in [0.3, 0.4) is 0 Å². The minimum Gasteiger partial charge on any atom is -0.411 e. The van der Waals surface area contributed by atoms with Gasteiger partial charge < -0.3 is 59.5 Å². The molecule has 0 radical (unpaired) electrons. The quantitative estimate of drug-likeness (QED) is 0.0258. The normalized spacial score (nSPS) is 10.9. The third-order valence-corrected chi connectivity index (χ3v) is 12.7. The van der Waals surface area contributed by atoms with Gasteiger partial charge in [-0.05, 0) is 25.7 Å². The van der Waals surface area contributed by atoms with Gasteiger partial charge in [-0.25, -0.2) is 0 Å². The molecule has 0 aromatic carbocycles. The zero-order valence-corrected chi connectivity index (χ0v) is 43.2. The second-order valence-electron chi connectivity index (χ2n) is 17.2. The first-order valence-corrected chi connectivity index (χ1v) is 27.0. The second-order valence-corrected chi connectivity index (χ2v) is 19.3. The summed E-state index contributed by atoms with van der Waals surface area (Å²) < 4.78 is 1.37. The van der Waals surface area contributed by atoms with Gasteiger partial charge in [0.15, 0.2) is 0 Å². The number of thiocarbonyl (C=S) groups is 2. The number of unbranched alkanes of at least 4 members (excludes halogenated alkanes) is 36. The standard InChI is InChI=1S/2C25H51NS2.Ni/c2*1-3-5-7-9-11-13-15-17-19-21-23-26(25(27)28)24-22-20-18-16-14-12-10-8-6-4-2;/h2*3-24H2,1-2H3,(H,27,28);/q;;+2/p-2. The van der Waals surface area contributed by atoms with Crippen LogP contribution in [0.1, 0.15) is 285 Å². The van der Waals surface area contributed by atoms with Crippen molar-refractivity contribution in [1.82, 2.24) is 9.80 Å². The molecule has 0 aliphatic heterocycles. The first-order valence-electron chi connectivity index (χ1n) is 25.4. The summed E-state index contributed by atoms with van der Waals surface area (Å²) in [6.07, 6.45) is 55.4. The van der Waals surface area contributed by atoms with Crippen LogP contribution in [0.2, 0.25) is 0 Å². The van der Waals surface area contributed by atoms with E-state index in [2.05, 4.69) is 37.5 Å². The molecule has 0 aliphatic carbocycles. The molecular weight excluding hydrogens is 816 g/mol. The molecule has 2 nitrogen and oxygen atoms in total. The molecule has 0 saturated carbocycles. The molecule has 344 valence electrons. The van der Waals surface area contributed by atoms with Crippen LogP contribution >= 0.6 is 24.4 Å². The summed E-state index contributed by atoms with van der Waals surface area (Å²) in [5.74, 6) is 0. The minimum atomic E-state index is 0. The molecule has 0 fully saturated rings. The fourth-order valence-corrected chi connectivity index (χ4v) is 8.48. The molecule has 0 aliphatic rings. The van der Waals surface area contributed by atoms with Crippen molar-refractivity contribution in [1.29, 1.82) is 0 Å². The Morgan fingerprint density at radius 1 is 0.263 bits per heavy atom. The van der Waals surface area contributed by atoms with E-state index >= 15 is 0 Å². The van der Waals surface area contributed by atoms with E-state index in [1.165, 1.54) is 257 Å². The first-order chi connectivity index (χ1) is 27.4. The molecule has 0 N–H and O–H groups in total. The molecule has 0 aromatic rings. The molecule has 0 atom stereocenters. The van der Waals surface area contributed by atoms with Gasteiger partial charge in [-0.1, -0.05) is 267 Å². The SMILES string of the molecule is CCCCCCCCCCCCN(CCCCCCCCCCCC)C(=S)[S-].CCCCCCCCCCCCN(CCCCCCCCCCCC)C(=S)[S-].[Ni+2]. The number of nitrogens with zero attached hydrogens (tertiary/aromatic N) is 2. The predicted octanol–water partition coefficient (Wildman–Crippen LogP) is 17.9. The third kappa shape index (κ3) is 52.8. The maximum atomic E-state index is 5.30. The zero-order valence-electron chi connectivity index (χ0n) is 39.0. The molecule has 7 heteroatoms. The third-order valence-electron chi connectivity index (χ3n) is 11.6. The molecule has 0 heterocycles. The van der Waals surface area contributed by atoms with E-state index in [4.69, 9.17) is 49.7 Å². The van der Waals surface area contributed by atoms with Gasteiger partial charge in [0.1, 0.15) is 0 Å². The summed E-state index contributed by atoms with van der Waals surface area (Å²) in [6, 6.07) is 0. The van der Waals surface area contributed by atoms with E-state index in [9.17, 15) is 0 Å². The van der Waals surface area contributed by atoms with E-state index in [0.29, 0.717) is 8.64 Å². The van der Waals surface area contributed by atoms with Crippen LogP contribution in [0.4, 0.5) is 0 Å². The number of rotatable bonds is 44. The van der Waals surface area contributed by atoms with Crippen molar-refractivity contribution in [3.8, 4) is 0 Å². The molecule has 57 heavy (non-hydrogen) atoms. The summed E-state index contributed by atoms with van der Waals surface area (Å²) in [4.78, 5) is 4.56. The topological polar surface area (TPSA) is 6.48 Å². The van der Waals surface area contributed by atoms with Gasteiger partial charge in [0.25, 0.3) is 0 Å². The van der Waals surface area contributed by atoms with Crippen LogP contribution in [0, 0.1) is 0 Å². The van der Waals surface area contributed by atoms with Crippen LogP contribution in [-0.4, -0.2) is 44.6 Å². The Kier molecular flexibility index (Phi) is 59.5. The predicted molar refractivity (Wildman–Crippen MR) is 270 cm³/mol. The molecule has 0 aromatic heterocycles. The van der Waals surface area contributed by atoms with Gasteiger partial charge in [-0.15, -0.1) is 0 Å². The van der Waals surface area contributed by atoms with Gasteiger partial charge in [0.2, 0.25) is 0 Å². The van der Waals surface area contributed by atoms with Crippen molar-refractivity contribution in [3.05, 3.63) is 0 Å². The average molecular weight is 916 g/mol. The van der Waals surface area contributed by atoms with E-state index in [1.54, 1.807) is 0 Å². The zero-order chi connectivity index (χ0) is 41.4. The van der Waals surface area contributed by atoms with Crippen LogP contribution in [0.25, 0.3) is 0 Å². The Morgan fingerprint density at radius 3 is 0.509 bits per heavy atom. The Bertz CT molecular complexity index is 661. The molecular formula is C50H100N2NiS4.